The van der Waals surface area contributed by atoms with Crippen molar-refractivity contribution in [3.8, 4) is 0 Å². The maximum Gasteiger partial charge on any atom is 0.223 e. The van der Waals surface area contributed by atoms with Crippen LogP contribution in [0, 0.1) is 5.92 Å². The summed E-state index contributed by atoms with van der Waals surface area (Å²) in [7, 11) is 1.69. The van der Waals surface area contributed by atoms with Gasteiger partial charge in [0.25, 0.3) is 0 Å². The zero-order valence-electron chi connectivity index (χ0n) is 14.1. The number of methoxy groups -OCH3 is 1. The minimum atomic E-state index is 0.168. The van der Waals surface area contributed by atoms with Gasteiger partial charge in [0, 0.05) is 39.2 Å². The average Bonchev–Trinajstić information content (AvgIpc) is 2.59. The van der Waals surface area contributed by atoms with Crippen molar-refractivity contribution in [2.45, 2.75) is 19.4 Å². The lowest BCUT2D eigenvalue weighted by molar-refractivity contribution is -0.126. The minimum Gasteiger partial charge on any atom is -0.383 e. The van der Waals surface area contributed by atoms with Gasteiger partial charge in [0.15, 0.2) is 0 Å². The van der Waals surface area contributed by atoms with Gasteiger partial charge in [-0.3, -0.25) is 9.69 Å². The second kappa shape index (κ2) is 10.4. The first kappa shape index (κ1) is 17.9. The summed E-state index contributed by atoms with van der Waals surface area (Å²) in [6.07, 6.45) is 1.91. The number of benzene rings is 1. The van der Waals surface area contributed by atoms with Gasteiger partial charge >= 0.3 is 0 Å². The second-order valence-electron chi connectivity index (χ2n) is 6.07. The van der Waals surface area contributed by atoms with Gasteiger partial charge < -0.3 is 15.4 Å². The van der Waals surface area contributed by atoms with Crippen molar-refractivity contribution in [1.82, 2.24) is 15.5 Å². The first-order chi connectivity index (χ1) is 11.3. The molecule has 1 heterocycles. The highest BCUT2D eigenvalue weighted by molar-refractivity contribution is 5.78. The number of hydrogen-bond donors (Lipinski definition) is 2. The fourth-order valence-electron chi connectivity index (χ4n) is 2.91. The molecular weight excluding hydrogens is 290 g/mol. The summed E-state index contributed by atoms with van der Waals surface area (Å²) in [5.74, 6) is 0.374. The highest BCUT2D eigenvalue weighted by atomic mass is 16.5. The Balaban J connectivity index is 1.59. The minimum absolute atomic E-state index is 0.168. The third-order valence-electron chi connectivity index (χ3n) is 4.29. The van der Waals surface area contributed by atoms with Crippen LogP contribution >= 0.6 is 0 Å². The van der Waals surface area contributed by atoms with Crippen LogP contribution in [0.5, 0.6) is 0 Å². The lowest BCUT2D eigenvalue weighted by Crippen LogP contribution is -2.42. The van der Waals surface area contributed by atoms with Gasteiger partial charge in [0.2, 0.25) is 5.91 Å². The number of ether oxygens (including phenoxy) is 1. The summed E-state index contributed by atoms with van der Waals surface area (Å²) in [4.78, 5) is 14.6. The van der Waals surface area contributed by atoms with Gasteiger partial charge in [-0.2, -0.15) is 0 Å². The summed E-state index contributed by atoms with van der Waals surface area (Å²) in [5, 5.41) is 6.26. The van der Waals surface area contributed by atoms with E-state index in [1.54, 1.807) is 7.11 Å². The maximum atomic E-state index is 12.2. The monoisotopic (exact) mass is 319 g/mol. The average molecular weight is 319 g/mol. The molecule has 0 radical (unpaired) electrons. The lowest BCUT2D eigenvalue weighted by Gasteiger charge is -2.31. The van der Waals surface area contributed by atoms with Crippen LogP contribution in [0.1, 0.15) is 18.4 Å². The third kappa shape index (κ3) is 6.69. The van der Waals surface area contributed by atoms with Crippen molar-refractivity contribution in [2.75, 3.05) is 46.4 Å². The molecule has 0 bridgehead atoms. The van der Waals surface area contributed by atoms with Gasteiger partial charge in [-0.25, -0.2) is 0 Å². The quantitative estimate of drug-likeness (QED) is 0.673. The number of rotatable bonds is 9. The number of amides is 1. The van der Waals surface area contributed by atoms with Crippen molar-refractivity contribution in [3.05, 3.63) is 35.9 Å². The number of piperidine rings is 1. The summed E-state index contributed by atoms with van der Waals surface area (Å²) in [6, 6.07) is 10.5. The largest absolute Gasteiger partial charge is 0.383 e. The van der Waals surface area contributed by atoms with Gasteiger partial charge in [0.1, 0.15) is 0 Å². The predicted molar refractivity (Wildman–Crippen MR) is 92.2 cm³/mol. The van der Waals surface area contributed by atoms with Gasteiger partial charge in [-0.15, -0.1) is 0 Å². The van der Waals surface area contributed by atoms with Crippen LogP contribution in [-0.4, -0.2) is 57.2 Å². The van der Waals surface area contributed by atoms with E-state index >= 15 is 0 Å². The number of likely N-dealkylation sites (tertiary alicyclic amines) is 1. The molecule has 5 heteroatoms. The Labute approximate surface area is 139 Å². The fraction of sp³-hybridized carbons (Fsp3) is 0.611. The molecule has 1 saturated heterocycles. The number of nitrogens with one attached hydrogen (secondary N) is 2. The molecular formula is C18H29N3O2. The smallest absolute Gasteiger partial charge is 0.223 e. The summed E-state index contributed by atoms with van der Waals surface area (Å²) in [6.45, 7) is 5.99. The topological polar surface area (TPSA) is 53.6 Å². The van der Waals surface area contributed by atoms with Crippen molar-refractivity contribution in [1.29, 1.82) is 0 Å². The Morgan fingerprint density at radius 2 is 1.91 bits per heavy atom. The van der Waals surface area contributed by atoms with Crippen LogP contribution in [0.2, 0.25) is 0 Å². The Kier molecular flexibility index (Phi) is 8.07. The Bertz CT molecular complexity index is 445. The summed E-state index contributed by atoms with van der Waals surface area (Å²) >= 11 is 0. The molecule has 0 aliphatic carbocycles. The Morgan fingerprint density at radius 1 is 1.17 bits per heavy atom. The van der Waals surface area contributed by atoms with E-state index in [1.165, 1.54) is 5.56 Å². The van der Waals surface area contributed by atoms with E-state index in [1.807, 2.05) is 6.07 Å². The molecule has 1 aromatic carbocycles. The van der Waals surface area contributed by atoms with E-state index in [2.05, 4.69) is 39.8 Å². The fourth-order valence-corrected chi connectivity index (χ4v) is 2.91. The molecule has 1 aliphatic rings. The standard InChI is InChI=1S/C18H29N3O2/c1-23-14-11-19-9-10-20-18(22)17-7-12-21(13-8-17)15-16-5-3-2-4-6-16/h2-6,17,19H,7-15H2,1H3,(H,20,22). The van der Waals surface area contributed by atoms with Crippen molar-refractivity contribution < 1.29 is 9.53 Å². The first-order valence-corrected chi connectivity index (χ1v) is 8.53. The van der Waals surface area contributed by atoms with E-state index in [9.17, 15) is 4.79 Å². The molecule has 23 heavy (non-hydrogen) atoms. The molecule has 2 rings (SSSR count). The normalized spacial score (nSPS) is 16.4. The van der Waals surface area contributed by atoms with Gasteiger partial charge in [0.05, 0.1) is 6.61 Å². The van der Waals surface area contributed by atoms with E-state index in [0.29, 0.717) is 13.2 Å². The summed E-state index contributed by atoms with van der Waals surface area (Å²) < 4.78 is 4.96. The van der Waals surface area contributed by atoms with Crippen LogP contribution in [-0.2, 0) is 16.1 Å². The van der Waals surface area contributed by atoms with Crippen LogP contribution in [0.3, 0.4) is 0 Å². The number of carbonyl (C=O) groups excluding carboxylic acids is 1. The van der Waals surface area contributed by atoms with Crippen LogP contribution in [0.25, 0.3) is 0 Å². The predicted octanol–water partition coefficient (Wildman–Crippen LogP) is 1.25. The van der Waals surface area contributed by atoms with Gasteiger partial charge in [-0.1, -0.05) is 30.3 Å². The van der Waals surface area contributed by atoms with E-state index in [-0.39, 0.29) is 11.8 Å². The van der Waals surface area contributed by atoms with Crippen molar-refractivity contribution in [3.63, 3.8) is 0 Å². The van der Waals surface area contributed by atoms with E-state index in [4.69, 9.17) is 4.74 Å². The molecule has 1 aromatic rings. The molecule has 0 spiro atoms. The molecule has 1 amide bonds. The molecule has 0 atom stereocenters. The third-order valence-corrected chi connectivity index (χ3v) is 4.29. The SMILES string of the molecule is COCCNCCNC(=O)C1CCN(Cc2ccccc2)CC1. The zero-order valence-corrected chi connectivity index (χ0v) is 14.1. The second-order valence-corrected chi connectivity index (χ2v) is 6.07. The van der Waals surface area contributed by atoms with Crippen molar-refractivity contribution >= 4 is 5.91 Å². The molecule has 0 saturated carbocycles. The molecule has 0 aromatic heterocycles. The lowest BCUT2D eigenvalue weighted by atomic mass is 9.95. The zero-order chi connectivity index (χ0) is 16.3. The summed E-state index contributed by atoms with van der Waals surface area (Å²) in [5.41, 5.74) is 1.34. The maximum absolute atomic E-state index is 12.2. The number of carbonyl (C=O) groups is 1. The molecule has 0 unspecified atom stereocenters. The van der Waals surface area contributed by atoms with Gasteiger partial charge in [-0.05, 0) is 31.5 Å². The molecule has 5 nitrogen and oxygen atoms in total. The first-order valence-electron chi connectivity index (χ1n) is 8.53. The molecule has 1 aliphatic heterocycles. The van der Waals surface area contributed by atoms with Crippen LogP contribution in [0.4, 0.5) is 0 Å². The van der Waals surface area contributed by atoms with Crippen LogP contribution < -0.4 is 10.6 Å². The number of hydrogen-bond acceptors (Lipinski definition) is 4. The number of nitrogens with zero attached hydrogens (tertiary/aromatic N) is 1. The molecule has 2 N–H and O–H groups in total. The molecule has 1 fully saturated rings. The van der Waals surface area contributed by atoms with Crippen molar-refractivity contribution in [2.24, 2.45) is 5.92 Å². The van der Waals surface area contributed by atoms with E-state index < -0.39 is 0 Å². The van der Waals surface area contributed by atoms with Crippen LogP contribution in [0.15, 0.2) is 30.3 Å². The Morgan fingerprint density at radius 3 is 2.61 bits per heavy atom. The highest BCUT2D eigenvalue weighted by Crippen LogP contribution is 2.19. The molecule has 128 valence electrons. The highest BCUT2D eigenvalue weighted by Gasteiger charge is 2.24. The Hall–Kier alpha value is -1.43. The van der Waals surface area contributed by atoms with E-state index in [0.717, 1.165) is 45.6 Å².